The van der Waals surface area contributed by atoms with Gasteiger partial charge in [0, 0.05) is 11.8 Å². The third-order valence-corrected chi connectivity index (χ3v) is 3.46. The summed E-state index contributed by atoms with van der Waals surface area (Å²) in [6.45, 7) is 0.349. The third-order valence-electron chi connectivity index (χ3n) is 3.46. The second-order valence-corrected chi connectivity index (χ2v) is 5.12. The molecule has 0 unspecified atom stereocenters. The largest absolute Gasteiger partial charge is 0.321 e. The molecule has 0 fully saturated rings. The Hall–Kier alpha value is -3.62. The topological polar surface area (TPSA) is 103 Å². The number of carbonyl (C=O) groups is 1. The Morgan fingerprint density at radius 3 is 2.80 bits per heavy atom. The lowest BCUT2D eigenvalue weighted by atomic mass is 10.1. The highest BCUT2D eigenvalue weighted by Gasteiger charge is 2.21. The van der Waals surface area contributed by atoms with Crippen molar-refractivity contribution in [1.82, 2.24) is 14.8 Å². The van der Waals surface area contributed by atoms with E-state index in [1.807, 2.05) is 0 Å². The number of rotatable bonds is 5. The van der Waals surface area contributed by atoms with E-state index < -0.39 is 22.3 Å². The molecule has 0 spiro atoms. The number of nitro groups is 1. The first kappa shape index (κ1) is 16.2. The molecule has 3 rings (SSSR count). The van der Waals surface area contributed by atoms with Crippen molar-refractivity contribution in [3.63, 3.8) is 0 Å². The van der Waals surface area contributed by atoms with Gasteiger partial charge in [0.15, 0.2) is 0 Å². The molecule has 0 atom stereocenters. The summed E-state index contributed by atoms with van der Waals surface area (Å²) < 4.78 is 15.0. The van der Waals surface area contributed by atoms with Crippen LogP contribution in [-0.4, -0.2) is 25.6 Å². The number of hydrogen-bond donors (Lipinski definition) is 1. The van der Waals surface area contributed by atoms with Crippen molar-refractivity contribution < 1.29 is 14.1 Å². The summed E-state index contributed by atoms with van der Waals surface area (Å²) in [5.74, 6) is -1.50. The number of para-hydroxylation sites is 1. The van der Waals surface area contributed by atoms with Crippen LogP contribution in [0.1, 0.15) is 15.9 Å². The Bertz CT molecular complexity index is 927. The SMILES string of the molecule is O=C(Nc1ccccc1Cn1cncn1)c1cc(F)ccc1[N+](=O)[O-]. The van der Waals surface area contributed by atoms with Crippen molar-refractivity contribution in [3.8, 4) is 0 Å². The molecule has 0 radical (unpaired) electrons. The molecular weight excluding hydrogens is 329 g/mol. The van der Waals surface area contributed by atoms with E-state index in [1.54, 1.807) is 28.9 Å². The summed E-state index contributed by atoms with van der Waals surface area (Å²) in [6, 6.07) is 9.66. The van der Waals surface area contributed by atoms with Crippen molar-refractivity contribution in [2.45, 2.75) is 6.54 Å². The van der Waals surface area contributed by atoms with Crippen LogP contribution >= 0.6 is 0 Å². The monoisotopic (exact) mass is 341 g/mol. The summed E-state index contributed by atoms with van der Waals surface area (Å²) in [5, 5.41) is 17.6. The zero-order valence-electron chi connectivity index (χ0n) is 12.8. The number of benzene rings is 2. The maximum Gasteiger partial charge on any atom is 0.282 e. The number of anilines is 1. The van der Waals surface area contributed by atoms with Crippen LogP contribution < -0.4 is 5.32 Å². The fourth-order valence-corrected chi connectivity index (χ4v) is 2.31. The number of nitrogens with zero attached hydrogens (tertiary/aromatic N) is 4. The maximum absolute atomic E-state index is 13.4. The molecule has 8 nitrogen and oxygen atoms in total. The first-order chi connectivity index (χ1) is 12.0. The molecule has 9 heteroatoms. The molecule has 0 aliphatic rings. The Labute approximate surface area is 141 Å². The molecule has 1 aromatic heterocycles. The summed E-state index contributed by atoms with van der Waals surface area (Å²) in [4.78, 5) is 26.6. The van der Waals surface area contributed by atoms with Crippen LogP contribution in [0, 0.1) is 15.9 Å². The van der Waals surface area contributed by atoms with E-state index >= 15 is 0 Å². The van der Waals surface area contributed by atoms with Crippen LogP contribution in [0.4, 0.5) is 15.8 Å². The number of halogens is 1. The molecule has 0 aliphatic heterocycles. The zero-order valence-corrected chi connectivity index (χ0v) is 12.8. The van der Waals surface area contributed by atoms with Gasteiger partial charge in [0.25, 0.3) is 11.6 Å². The van der Waals surface area contributed by atoms with Crippen LogP contribution in [0.15, 0.2) is 55.1 Å². The quantitative estimate of drug-likeness (QED) is 0.567. The summed E-state index contributed by atoms with van der Waals surface area (Å²) in [6.07, 6.45) is 2.91. The lowest BCUT2D eigenvalue weighted by molar-refractivity contribution is -0.385. The van der Waals surface area contributed by atoms with Crippen LogP contribution in [0.3, 0.4) is 0 Å². The summed E-state index contributed by atoms with van der Waals surface area (Å²) in [7, 11) is 0. The fourth-order valence-electron chi connectivity index (χ4n) is 2.31. The molecule has 0 aliphatic carbocycles. The third kappa shape index (κ3) is 3.66. The minimum Gasteiger partial charge on any atom is -0.321 e. The molecule has 2 aromatic carbocycles. The van der Waals surface area contributed by atoms with Crippen molar-refractivity contribution in [3.05, 3.63) is 82.2 Å². The molecule has 126 valence electrons. The summed E-state index contributed by atoms with van der Waals surface area (Å²) >= 11 is 0. The summed E-state index contributed by atoms with van der Waals surface area (Å²) in [5.41, 5.74) is 0.357. The van der Waals surface area contributed by atoms with Gasteiger partial charge in [0.2, 0.25) is 0 Å². The number of nitro benzene ring substituents is 1. The smallest absolute Gasteiger partial charge is 0.282 e. The van der Waals surface area contributed by atoms with Crippen LogP contribution in [-0.2, 0) is 6.54 Å². The van der Waals surface area contributed by atoms with E-state index in [2.05, 4.69) is 15.4 Å². The first-order valence-electron chi connectivity index (χ1n) is 7.20. The molecule has 25 heavy (non-hydrogen) atoms. The Morgan fingerprint density at radius 1 is 1.28 bits per heavy atom. The molecular formula is C16H12FN5O3. The van der Waals surface area contributed by atoms with Gasteiger partial charge in [0.05, 0.1) is 11.5 Å². The van der Waals surface area contributed by atoms with Gasteiger partial charge in [0.1, 0.15) is 24.0 Å². The molecule has 0 saturated heterocycles. The Kier molecular flexibility index (Phi) is 4.46. The standard InChI is InChI=1S/C16H12FN5O3/c17-12-5-6-15(22(24)25)13(7-12)16(23)20-14-4-2-1-3-11(14)8-21-10-18-9-19-21/h1-7,9-10H,8H2,(H,20,23). The second-order valence-electron chi connectivity index (χ2n) is 5.12. The van der Waals surface area contributed by atoms with E-state index in [0.717, 1.165) is 23.8 Å². The van der Waals surface area contributed by atoms with E-state index in [4.69, 9.17) is 0 Å². The van der Waals surface area contributed by atoms with Gasteiger partial charge in [-0.3, -0.25) is 14.9 Å². The van der Waals surface area contributed by atoms with Gasteiger partial charge in [-0.05, 0) is 23.8 Å². The van der Waals surface area contributed by atoms with Crippen molar-refractivity contribution in [1.29, 1.82) is 0 Å². The highest BCUT2D eigenvalue weighted by Crippen LogP contribution is 2.22. The lowest BCUT2D eigenvalue weighted by Gasteiger charge is -2.11. The molecule has 1 amide bonds. The molecule has 1 heterocycles. The average molecular weight is 341 g/mol. The van der Waals surface area contributed by atoms with E-state index in [9.17, 15) is 19.3 Å². The molecule has 1 N–H and O–H groups in total. The van der Waals surface area contributed by atoms with E-state index in [-0.39, 0.29) is 5.56 Å². The van der Waals surface area contributed by atoms with E-state index in [1.165, 1.54) is 12.7 Å². The second kappa shape index (κ2) is 6.87. The van der Waals surface area contributed by atoms with Gasteiger partial charge in [-0.2, -0.15) is 5.10 Å². The lowest BCUT2D eigenvalue weighted by Crippen LogP contribution is -2.16. The normalized spacial score (nSPS) is 10.4. The molecule has 0 saturated carbocycles. The van der Waals surface area contributed by atoms with Crippen LogP contribution in [0.2, 0.25) is 0 Å². The van der Waals surface area contributed by atoms with Crippen molar-refractivity contribution in [2.75, 3.05) is 5.32 Å². The molecule has 3 aromatic rings. The van der Waals surface area contributed by atoms with Crippen molar-refractivity contribution in [2.24, 2.45) is 0 Å². The Morgan fingerprint density at radius 2 is 2.08 bits per heavy atom. The fraction of sp³-hybridized carbons (Fsp3) is 0.0625. The number of amides is 1. The first-order valence-corrected chi connectivity index (χ1v) is 7.20. The number of aromatic nitrogens is 3. The average Bonchev–Trinajstić information content (AvgIpc) is 3.09. The Balaban J connectivity index is 1.89. The van der Waals surface area contributed by atoms with Gasteiger partial charge in [-0.15, -0.1) is 0 Å². The van der Waals surface area contributed by atoms with Gasteiger partial charge in [-0.1, -0.05) is 18.2 Å². The number of hydrogen-bond acceptors (Lipinski definition) is 5. The maximum atomic E-state index is 13.4. The highest BCUT2D eigenvalue weighted by atomic mass is 19.1. The minimum absolute atomic E-state index is 0.347. The minimum atomic E-state index is -0.766. The van der Waals surface area contributed by atoms with Crippen LogP contribution in [0.5, 0.6) is 0 Å². The zero-order chi connectivity index (χ0) is 17.8. The van der Waals surface area contributed by atoms with Gasteiger partial charge >= 0.3 is 0 Å². The van der Waals surface area contributed by atoms with Crippen LogP contribution in [0.25, 0.3) is 0 Å². The number of nitrogens with one attached hydrogen (secondary N) is 1. The van der Waals surface area contributed by atoms with Gasteiger partial charge < -0.3 is 5.32 Å². The highest BCUT2D eigenvalue weighted by molar-refractivity contribution is 6.07. The predicted octanol–water partition coefficient (Wildman–Crippen LogP) is 2.63. The predicted molar refractivity (Wildman–Crippen MR) is 86.6 cm³/mol. The van der Waals surface area contributed by atoms with Gasteiger partial charge in [-0.25, -0.2) is 14.1 Å². The van der Waals surface area contributed by atoms with E-state index in [0.29, 0.717) is 12.2 Å². The van der Waals surface area contributed by atoms with Crippen molar-refractivity contribution >= 4 is 17.3 Å². The number of carbonyl (C=O) groups excluding carboxylic acids is 1. The molecule has 0 bridgehead atoms.